The molecule has 0 aromatic heterocycles. The van der Waals surface area contributed by atoms with Gasteiger partial charge in [0.25, 0.3) is 5.69 Å². The van der Waals surface area contributed by atoms with E-state index in [4.69, 9.17) is 10.00 Å². The van der Waals surface area contributed by atoms with Crippen LogP contribution in [0.1, 0.15) is 26.3 Å². The Morgan fingerprint density at radius 1 is 1.48 bits per heavy atom. The maximum atomic E-state index is 11.8. The third-order valence-corrected chi connectivity index (χ3v) is 3.22. The van der Waals surface area contributed by atoms with Gasteiger partial charge in [0.1, 0.15) is 11.3 Å². The summed E-state index contributed by atoms with van der Waals surface area (Å²) < 4.78 is 5.25. The average molecular weight is 318 g/mol. The van der Waals surface area contributed by atoms with Crippen molar-refractivity contribution in [3.8, 4) is 6.07 Å². The Morgan fingerprint density at radius 3 is 2.65 bits per heavy atom. The Hall–Kier alpha value is -2.82. The van der Waals surface area contributed by atoms with E-state index in [1.54, 1.807) is 20.8 Å². The van der Waals surface area contributed by atoms with E-state index in [9.17, 15) is 14.9 Å². The topological polar surface area (TPSA) is 108 Å². The summed E-state index contributed by atoms with van der Waals surface area (Å²) in [6.07, 6.45) is -0.407. The minimum absolute atomic E-state index is 0.0975. The van der Waals surface area contributed by atoms with E-state index in [2.05, 4.69) is 5.32 Å². The first kappa shape index (κ1) is 16.5. The van der Waals surface area contributed by atoms with E-state index >= 15 is 0 Å². The van der Waals surface area contributed by atoms with Crippen molar-refractivity contribution >= 4 is 17.5 Å². The molecule has 0 atom stereocenters. The maximum absolute atomic E-state index is 11.8. The minimum atomic E-state index is -0.560. The van der Waals surface area contributed by atoms with E-state index in [0.29, 0.717) is 18.7 Å². The van der Waals surface area contributed by atoms with Crippen molar-refractivity contribution in [2.24, 2.45) is 0 Å². The highest BCUT2D eigenvalue weighted by molar-refractivity contribution is 5.70. The lowest BCUT2D eigenvalue weighted by Crippen LogP contribution is -2.57. The van der Waals surface area contributed by atoms with E-state index in [1.807, 2.05) is 6.07 Å². The predicted molar refractivity (Wildman–Crippen MR) is 83.0 cm³/mol. The van der Waals surface area contributed by atoms with Crippen molar-refractivity contribution in [1.29, 1.82) is 5.26 Å². The Labute approximate surface area is 133 Å². The number of nitro groups is 1. The number of ether oxygens (including phenoxy) is 1. The summed E-state index contributed by atoms with van der Waals surface area (Å²) >= 11 is 0. The molecule has 122 valence electrons. The van der Waals surface area contributed by atoms with Crippen LogP contribution in [0.4, 0.5) is 16.2 Å². The molecule has 8 heteroatoms. The molecule has 1 aromatic rings. The summed E-state index contributed by atoms with van der Waals surface area (Å²) in [6.45, 7) is 6.15. The molecule has 1 N–H and O–H groups in total. The Bertz CT molecular complexity index is 669. The van der Waals surface area contributed by atoms with Crippen LogP contribution in [0, 0.1) is 21.4 Å². The summed E-state index contributed by atoms with van der Waals surface area (Å²) in [5, 5.41) is 22.9. The van der Waals surface area contributed by atoms with Gasteiger partial charge in [-0.2, -0.15) is 5.26 Å². The van der Waals surface area contributed by atoms with Gasteiger partial charge < -0.3 is 15.0 Å². The molecule has 0 aliphatic carbocycles. The first-order valence-electron chi connectivity index (χ1n) is 7.12. The van der Waals surface area contributed by atoms with E-state index < -0.39 is 16.6 Å². The number of benzene rings is 1. The van der Waals surface area contributed by atoms with Crippen molar-refractivity contribution in [2.75, 3.05) is 18.4 Å². The van der Waals surface area contributed by atoms with Crippen LogP contribution in [0.3, 0.4) is 0 Å². The fraction of sp³-hybridized carbons (Fsp3) is 0.467. The van der Waals surface area contributed by atoms with Crippen LogP contribution in [0.15, 0.2) is 18.2 Å². The van der Waals surface area contributed by atoms with Crippen molar-refractivity contribution in [1.82, 2.24) is 4.90 Å². The molecule has 2 rings (SSSR count). The average Bonchev–Trinajstić information content (AvgIpc) is 2.39. The summed E-state index contributed by atoms with van der Waals surface area (Å²) in [4.78, 5) is 23.9. The van der Waals surface area contributed by atoms with E-state index in [1.165, 1.54) is 23.1 Å². The van der Waals surface area contributed by atoms with Crippen LogP contribution in [0.2, 0.25) is 0 Å². The maximum Gasteiger partial charge on any atom is 0.410 e. The molecule has 1 amide bonds. The van der Waals surface area contributed by atoms with E-state index in [-0.39, 0.29) is 17.4 Å². The third-order valence-electron chi connectivity index (χ3n) is 3.22. The number of carbonyl (C=O) groups excluding carboxylic acids is 1. The van der Waals surface area contributed by atoms with Crippen LogP contribution < -0.4 is 5.32 Å². The minimum Gasteiger partial charge on any atom is -0.444 e. The van der Waals surface area contributed by atoms with Crippen LogP contribution in [-0.2, 0) is 4.74 Å². The van der Waals surface area contributed by atoms with Gasteiger partial charge in [0, 0.05) is 19.2 Å². The molecule has 0 saturated carbocycles. The molecule has 0 bridgehead atoms. The molecule has 1 heterocycles. The lowest BCUT2D eigenvalue weighted by Gasteiger charge is -2.40. The predicted octanol–water partition coefficient (Wildman–Crippen LogP) is 2.50. The first-order chi connectivity index (χ1) is 10.7. The molecule has 1 aromatic carbocycles. The quantitative estimate of drug-likeness (QED) is 0.677. The molecule has 0 radical (unpaired) electrons. The summed E-state index contributed by atoms with van der Waals surface area (Å²) in [5.74, 6) is 0. The van der Waals surface area contributed by atoms with Crippen molar-refractivity contribution in [3.05, 3.63) is 33.9 Å². The standard InChI is InChI=1S/C15H18N4O4/c1-15(2,3)23-14(20)18-8-11(9-18)17-12-6-10(7-16)4-5-13(12)19(21)22/h4-6,11,17H,8-9H2,1-3H3. The highest BCUT2D eigenvalue weighted by atomic mass is 16.6. The number of nitriles is 1. The van der Waals surface area contributed by atoms with Gasteiger partial charge in [0.15, 0.2) is 0 Å². The van der Waals surface area contributed by atoms with Crippen LogP contribution in [0.5, 0.6) is 0 Å². The van der Waals surface area contributed by atoms with Gasteiger partial charge in [-0.1, -0.05) is 0 Å². The molecule has 0 spiro atoms. The second-order valence-electron chi connectivity index (χ2n) is 6.33. The Balaban J connectivity index is 1.99. The lowest BCUT2D eigenvalue weighted by atomic mass is 10.1. The molecular weight excluding hydrogens is 300 g/mol. The number of nitrogens with zero attached hydrogens (tertiary/aromatic N) is 3. The number of anilines is 1. The van der Waals surface area contributed by atoms with Gasteiger partial charge in [0.05, 0.1) is 22.6 Å². The number of hydrogen-bond donors (Lipinski definition) is 1. The zero-order valence-electron chi connectivity index (χ0n) is 13.2. The third kappa shape index (κ3) is 4.10. The number of nitro benzene ring substituents is 1. The van der Waals surface area contributed by atoms with E-state index in [0.717, 1.165) is 0 Å². The van der Waals surface area contributed by atoms with Gasteiger partial charge in [0.2, 0.25) is 0 Å². The molecule has 1 aliphatic heterocycles. The zero-order valence-corrected chi connectivity index (χ0v) is 13.2. The summed E-state index contributed by atoms with van der Waals surface area (Å²) in [5.41, 5.74) is -0.0424. The smallest absolute Gasteiger partial charge is 0.410 e. The Morgan fingerprint density at radius 2 is 2.13 bits per heavy atom. The van der Waals surface area contributed by atoms with Crippen molar-refractivity contribution in [3.63, 3.8) is 0 Å². The van der Waals surface area contributed by atoms with Gasteiger partial charge in [-0.3, -0.25) is 10.1 Å². The highest BCUT2D eigenvalue weighted by Gasteiger charge is 2.34. The normalized spacial score (nSPS) is 14.6. The molecule has 1 aliphatic rings. The van der Waals surface area contributed by atoms with Gasteiger partial charge >= 0.3 is 6.09 Å². The molecule has 1 fully saturated rings. The monoisotopic (exact) mass is 318 g/mol. The number of hydrogen-bond acceptors (Lipinski definition) is 6. The summed E-state index contributed by atoms with van der Waals surface area (Å²) in [7, 11) is 0. The number of rotatable bonds is 3. The largest absolute Gasteiger partial charge is 0.444 e. The first-order valence-corrected chi connectivity index (χ1v) is 7.12. The molecule has 1 saturated heterocycles. The van der Waals surface area contributed by atoms with Gasteiger partial charge in [-0.25, -0.2) is 4.79 Å². The highest BCUT2D eigenvalue weighted by Crippen LogP contribution is 2.28. The van der Waals surface area contributed by atoms with Crippen LogP contribution >= 0.6 is 0 Å². The second-order valence-corrected chi connectivity index (χ2v) is 6.33. The van der Waals surface area contributed by atoms with Crippen LogP contribution in [-0.4, -0.2) is 40.6 Å². The van der Waals surface area contributed by atoms with Gasteiger partial charge in [-0.15, -0.1) is 0 Å². The second kappa shape index (κ2) is 6.12. The number of nitrogens with one attached hydrogen (secondary N) is 1. The van der Waals surface area contributed by atoms with Crippen LogP contribution in [0.25, 0.3) is 0 Å². The number of likely N-dealkylation sites (tertiary alicyclic amines) is 1. The molecule has 8 nitrogen and oxygen atoms in total. The SMILES string of the molecule is CC(C)(C)OC(=O)N1CC(Nc2cc(C#N)ccc2[N+](=O)[O-])C1. The lowest BCUT2D eigenvalue weighted by molar-refractivity contribution is -0.384. The van der Waals surface area contributed by atoms with Crippen molar-refractivity contribution in [2.45, 2.75) is 32.4 Å². The molecule has 23 heavy (non-hydrogen) atoms. The molecule has 0 unspecified atom stereocenters. The zero-order chi connectivity index (χ0) is 17.2. The number of amides is 1. The fourth-order valence-corrected chi connectivity index (χ4v) is 2.15. The Kier molecular flexibility index (Phi) is 4.40. The van der Waals surface area contributed by atoms with Gasteiger partial charge in [-0.05, 0) is 32.9 Å². The number of carbonyl (C=O) groups is 1. The summed E-state index contributed by atoms with van der Waals surface area (Å²) in [6, 6.07) is 5.97. The fourth-order valence-electron chi connectivity index (χ4n) is 2.15. The van der Waals surface area contributed by atoms with Crippen molar-refractivity contribution < 1.29 is 14.5 Å². The molecular formula is C15H18N4O4.